The molecular weight excluding hydrogens is 246 g/mol. The molecule has 6 nitrogen and oxygen atoms in total. The third kappa shape index (κ3) is 5.54. The summed E-state index contributed by atoms with van der Waals surface area (Å²) in [6.07, 6.45) is 3.34. The predicted molar refractivity (Wildman–Crippen MR) is 71.3 cm³/mol. The van der Waals surface area contributed by atoms with Gasteiger partial charge in [0.25, 0.3) is 11.8 Å². The van der Waals surface area contributed by atoms with Crippen LogP contribution in [0.15, 0.2) is 12.2 Å². The van der Waals surface area contributed by atoms with Crippen molar-refractivity contribution in [2.24, 2.45) is 5.41 Å². The first-order valence-corrected chi connectivity index (χ1v) is 6.35. The number of hydrogen-bond acceptors (Lipinski definition) is 3. The Morgan fingerprint density at radius 2 is 1.63 bits per heavy atom. The van der Waals surface area contributed by atoms with Gasteiger partial charge in [-0.1, -0.05) is 20.8 Å². The maximum absolute atomic E-state index is 11.4. The van der Waals surface area contributed by atoms with Gasteiger partial charge in [0, 0.05) is 31.8 Å². The molecule has 0 saturated heterocycles. The highest BCUT2D eigenvalue weighted by atomic mass is 16.2. The number of imide groups is 1. The van der Waals surface area contributed by atoms with Crippen LogP contribution in [0.4, 0.5) is 4.79 Å². The van der Waals surface area contributed by atoms with Crippen LogP contribution in [0.1, 0.15) is 27.2 Å². The van der Waals surface area contributed by atoms with E-state index in [4.69, 9.17) is 0 Å². The molecule has 4 amide bonds. The molecule has 0 bridgehead atoms. The fourth-order valence-corrected chi connectivity index (χ4v) is 1.55. The molecule has 1 rings (SSSR count). The third-order valence-electron chi connectivity index (χ3n) is 2.68. The lowest BCUT2D eigenvalue weighted by Crippen LogP contribution is -2.42. The highest BCUT2D eigenvalue weighted by Crippen LogP contribution is 2.16. The smallest absolute Gasteiger partial charge is 0.314 e. The summed E-state index contributed by atoms with van der Waals surface area (Å²) in [5, 5.41) is 5.35. The van der Waals surface area contributed by atoms with E-state index in [0.29, 0.717) is 6.54 Å². The molecular formula is C13H21N3O3. The molecule has 0 unspecified atom stereocenters. The van der Waals surface area contributed by atoms with Crippen LogP contribution in [0, 0.1) is 5.41 Å². The second-order valence-electron chi connectivity index (χ2n) is 5.65. The third-order valence-corrected chi connectivity index (χ3v) is 2.68. The molecule has 1 aliphatic heterocycles. The SMILES string of the molecule is CC(C)(C)CCNC(=O)NCCN1C(=O)C=CC1=O. The van der Waals surface area contributed by atoms with Crippen molar-refractivity contribution in [2.75, 3.05) is 19.6 Å². The van der Waals surface area contributed by atoms with Crippen molar-refractivity contribution in [3.8, 4) is 0 Å². The number of nitrogens with zero attached hydrogens (tertiary/aromatic N) is 1. The topological polar surface area (TPSA) is 78.5 Å². The van der Waals surface area contributed by atoms with Crippen molar-refractivity contribution in [2.45, 2.75) is 27.2 Å². The zero-order valence-corrected chi connectivity index (χ0v) is 11.7. The van der Waals surface area contributed by atoms with E-state index in [-0.39, 0.29) is 36.3 Å². The number of carbonyl (C=O) groups excluding carboxylic acids is 3. The zero-order valence-electron chi connectivity index (χ0n) is 11.7. The van der Waals surface area contributed by atoms with Crippen molar-refractivity contribution in [3.63, 3.8) is 0 Å². The quantitative estimate of drug-likeness (QED) is 0.718. The minimum absolute atomic E-state index is 0.174. The Morgan fingerprint density at radius 3 is 2.16 bits per heavy atom. The molecule has 0 saturated carbocycles. The van der Waals surface area contributed by atoms with E-state index >= 15 is 0 Å². The Balaban J connectivity index is 2.14. The minimum Gasteiger partial charge on any atom is -0.338 e. The Kier molecular flexibility index (Phi) is 5.09. The summed E-state index contributed by atoms with van der Waals surface area (Å²) in [7, 11) is 0. The first-order valence-electron chi connectivity index (χ1n) is 6.35. The average molecular weight is 267 g/mol. The van der Waals surface area contributed by atoms with Gasteiger partial charge >= 0.3 is 6.03 Å². The monoisotopic (exact) mass is 267 g/mol. The summed E-state index contributed by atoms with van der Waals surface area (Å²) < 4.78 is 0. The molecule has 0 aromatic rings. The number of amides is 4. The van der Waals surface area contributed by atoms with Gasteiger partial charge in [0.1, 0.15) is 0 Å². The first-order chi connectivity index (χ1) is 8.79. The molecule has 0 spiro atoms. The molecule has 0 fully saturated rings. The number of rotatable bonds is 5. The summed E-state index contributed by atoms with van der Waals surface area (Å²) in [6, 6.07) is -0.281. The van der Waals surface area contributed by atoms with Crippen LogP contribution in [-0.2, 0) is 9.59 Å². The lowest BCUT2D eigenvalue weighted by atomic mass is 9.92. The molecule has 106 valence electrons. The van der Waals surface area contributed by atoms with Gasteiger partial charge in [-0.3, -0.25) is 14.5 Å². The van der Waals surface area contributed by atoms with Crippen molar-refractivity contribution in [3.05, 3.63) is 12.2 Å². The molecule has 1 heterocycles. The maximum Gasteiger partial charge on any atom is 0.314 e. The summed E-state index contributed by atoms with van der Waals surface area (Å²) in [5.74, 6) is -0.667. The Bertz CT molecular complexity index is 378. The van der Waals surface area contributed by atoms with Crippen molar-refractivity contribution < 1.29 is 14.4 Å². The molecule has 0 aliphatic carbocycles. The van der Waals surface area contributed by atoms with E-state index < -0.39 is 0 Å². The highest BCUT2D eigenvalue weighted by molar-refractivity contribution is 6.12. The largest absolute Gasteiger partial charge is 0.338 e. The van der Waals surface area contributed by atoms with Crippen LogP contribution in [0.25, 0.3) is 0 Å². The van der Waals surface area contributed by atoms with E-state index in [1.54, 1.807) is 0 Å². The number of hydrogen-bond donors (Lipinski definition) is 2. The molecule has 6 heteroatoms. The number of nitrogens with one attached hydrogen (secondary N) is 2. The fourth-order valence-electron chi connectivity index (χ4n) is 1.55. The zero-order chi connectivity index (χ0) is 14.5. The molecule has 1 aliphatic rings. The molecule has 19 heavy (non-hydrogen) atoms. The Morgan fingerprint density at radius 1 is 1.11 bits per heavy atom. The Labute approximate surface area is 113 Å². The fraction of sp³-hybridized carbons (Fsp3) is 0.615. The molecule has 2 N–H and O–H groups in total. The van der Waals surface area contributed by atoms with Gasteiger partial charge in [-0.05, 0) is 11.8 Å². The molecule has 0 aromatic heterocycles. The second-order valence-corrected chi connectivity index (χ2v) is 5.65. The van der Waals surface area contributed by atoms with Crippen LogP contribution < -0.4 is 10.6 Å². The highest BCUT2D eigenvalue weighted by Gasteiger charge is 2.22. The molecule has 0 atom stereocenters. The standard InChI is InChI=1S/C13H21N3O3/c1-13(2,3)6-7-14-12(19)15-8-9-16-10(17)4-5-11(16)18/h4-5H,6-9H2,1-3H3,(H2,14,15,19). The van der Waals surface area contributed by atoms with E-state index in [1.807, 2.05) is 0 Å². The molecule has 0 radical (unpaired) electrons. The van der Waals surface area contributed by atoms with Gasteiger partial charge in [-0.15, -0.1) is 0 Å². The second kappa shape index (κ2) is 6.36. The van der Waals surface area contributed by atoms with Gasteiger partial charge < -0.3 is 10.6 Å². The Hall–Kier alpha value is -1.85. The van der Waals surface area contributed by atoms with Crippen LogP contribution in [0.3, 0.4) is 0 Å². The van der Waals surface area contributed by atoms with E-state index in [2.05, 4.69) is 31.4 Å². The normalized spacial score (nSPS) is 15.0. The summed E-state index contributed by atoms with van der Waals surface area (Å²) in [4.78, 5) is 35.0. The lowest BCUT2D eigenvalue weighted by Gasteiger charge is -2.18. The van der Waals surface area contributed by atoms with E-state index in [1.165, 1.54) is 12.2 Å². The van der Waals surface area contributed by atoms with Crippen molar-refractivity contribution in [1.29, 1.82) is 0 Å². The van der Waals surface area contributed by atoms with Gasteiger partial charge in [-0.25, -0.2) is 4.79 Å². The maximum atomic E-state index is 11.4. The predicted octanol–water partition coefficient (Wildman–Crippen LogP) is 0.647. The van der Waals surface area contributed by atoms with Crippen LogP contribution in [0.5, 0.6) is 0 Å². The van der Waals surface area contributed by atoms with Gasteiger partial charge in [0.2, 0.25) is 0 Å². The van der Waals surface area contributed by atoms with Gasteiger partial charge in [0.15, 0.2) is 0 Å². The van der Waals surface area contributed by atoms with Crippen molar-refractivity contribution in [1.82, 2.24) is 15.5 Å². The van der Waals surface area contributed by atoms with E-state index in [9.17, 15) is 14.4 Å². The number of urea groups is 1. The molecule has 0 aromatic carbocycles. The average Bonchev–Trinajstić information content (AvgIpc) is 2.58. The van der Waals surface area contributed by atoms with Crippen LogP contribution in [-0.4, -0.2) is 42.4 Å². The summed E-state index contributed by atoms with van der Waals surface area (Å²) in [6.45, 7) is 7.34. The van der Waals surface area contributed by atoms with Crippen LogP contribution >= 0.6 is 0 Å². The summed E-state index contributed by atoms with van der Waals surface area (Å²) >= 11 is 0. The van der Waals surface area contributed by atoms with Gasteiger partial charge in [-0.2, -0.15) is 0 Å². The van der Waals surface area contributed by atoms with E-state index in [0.717, 1.165) is 11.3 Å². The minimum atomic E-state index is -0.333. The lowest BCUT2D eigenvalue weighted by molar-refractivity contribution is -0.136. The van der Waals surface area contributed by atoms with Crippen molar-refractivity contribution >= 4 is 17.8 Å². The number of carbonyl (C=O) groups is 3. The first kappa shape index (κ1) is 15.2. The summed E-state index contributed by atoms with van der Waals surface area (Å²) in [5.41, 5.74) is 0.174. The van der Waals surface area contributed by atoms with Gasteiger partial charge in [0.05, 0.1) is 0 Å². The van der Waals surface area contributed by atoms with Crippen LogP contribution in [0.2, 0.25) is 0 Å².